The van der Waals surface area contributed by atoms with Crippen molar-refractivity contribution in [2.45, 2.75) is 19.0 Å². The molecule has 1 aromatic heterocycles. The van der Waals surface area contributed by atoms with Gasteiger partial charge in [-0.25, -0.2) is 4.79 Å². The minimum atomic E-state index is -1.12. The Kier molecular flexibility index (Phi) is 5.75. The Labute approximate surface area is 132 Å². The molecule has 0 aliphatic rings. The van der Waals surface area contributed by atoms with E-state index in [1.54, 1.807) is 0 Å². The molecule has 1 aromatic carbocycles. The fourth-order valence-corrected chi connectivity index (χ4v) is 1.87. The number of rotatable bonds is 8. The Hall–Kier alpha value is -2.81. The standard InChI is InChI=1S/C14H17N5O4/c1-23-8-7-11(14(21)22)15-12(20)9-19-17-13(16-18-19)10-5-3-2-4-6-10/h2-6,11H,7-9H2,1H3,(H,15,20)(H,21,22). The summed E-state index contributed by atoms with van der Waals surface area (Å²) in [5.41, 5.74) is 0.780. The van der Waals surface area contributed by atoms with Crippen molar-refractivity contribution in [2.24, 2.45) is 0 Å². The number of methoxy groups -OCH3 is 1. The Bertz CT molecular complexity index is 658. The van der Waals surface area contributed by atoms with Crippen molar-refractivity contribution in [2.75, 3.05) is 13.7 Å². The maximum Gasteiger partial charge on any atom is 0.326 e. The zero-order chi connectivity index (χ0) is 16.7. The lowest BCUT2D eigenvalue weighted by atomic mass is 10.2. The molecule has 0 bridgehead atoms. The first-order chi connectivity index (χ1) is 11.1. The Balaban J connectivity index is 1.95. The number of carboxylic acid groups (broad SMARTS) is 1. The third-order valence-corrected chi connectivity index (χ3v) is 3.01. The van der Waals surface area contributed by atoms with Crippen molar-refractivity contribution in [3.05, 3.63) is 30.3 Å². The zero-order valence-electron chi connectivity index (χ0n) is 12.5. The van der Waals surface area contributed by atoms with E-state index in [-0.39, 0.29) is 19.6 Å². The summed E-state index contributed by atoms with van der Waals surface area (Å²) in [6.07, 6.45) is 0.178. The molecule has 0 spiro atoms. The van der Waals surface area contributed by atoms with Crippen molar-refractivity contribution in [1.82, 2.24) is 25.5 Å². The minimum Gasteiger partial charge on any atom is -0.480 e. The summed E-state index contributed by atoms with van der Waals surface area (Å²) in [7, 11) is 1.46. The lowest BCUT2D eigenvalue weighted by molar-refractivity contribution is -0.142. The number of hydrogen-bond donors (Lipinski definition) is 2. The van der Waals surface area contributed by atoms with Gasteiger partial charge in [0.15, 0.2) is 0 Å². The molecule has 2 rings (SSSR count). The van der Waals surface area contributed by atoms with Crippen LogP contribution in [0, 0.1) is 0 Å². The quantitative estimate of drug-likeness (QED) is 0.700. The van der Waals surface area contributed by atoms with Gasteiger partial charge in [-0.3, -0.25) is 4.79 Å². The predicted molar refractivity (Wildman–Crippen MR) is 79.3 cm³/mol. The summed E-state index contributed by atoms with van der Waals surface area (Å²) < 4.78 is 4.82. The second-order valence-electron chi connectivity index (χ2n) is 4.75. The molecule has 0 saturated heterocycles. The number of aliphatic carboxylic acids is 1. The number of benzene rings is 1. The molecule has 2 N–H and O–H groups in total. The topological polar surface area (TPSA) is 119 Å². The number of hydrogen-bond acceptors (Lipinski definition) is 6. The maximum absolute atomic E-state index is 11.9. The number of carbonyl (C=O) groups excluding carboxylic acids is 1. The molecule has 23 heavy (non-hydrogen) atoms. The van der Waals surface area contributed by atoms with E-state index in [2.05, 4.69) is 20.7 Å². The maximum atomic E-state index is 11.9. The van der Waals surface area contributed by atoms with E-state index in [9.17, 15) is 9.59 Å². The number of nitrogens with zero attached hydrogens (tertiary/aromatic N) is 4. The first kappa shape index (κ1) is 16.6. The summed E-state index contributed by atoms with van der Waals surface area (Å²) in [6.45, 7) is 0.0214. The largest absolute Gasteiger partial charge is 0.480 e. The van der Waals surface area contributed by atoms with Crippen LogP contribution in [-0.4, -0.2) is 56.9 Å². The second kappa shape index (κ2) is 7.99. The van der Waals surface area contributed by atoms with Crippen LogP contribution in [0.3, 0.4) is 0 Å². The highest BCUT2D eigenvalue weighted by Crippen LogP contribution is 2.11. The molecule has 1 heterocycles. The highest BCUT2D eigenvalue weighted by atomic mass is 16.5. The Morgan fingerprint density at radius 3 is 2.74 bits per heavy atom. The number of ether oxygens (including phenoxy) is 1. The molecule has 2 aromatic rings. The lowest BCUT2D eigenvalue weighted by Gasteiger charge is -2.13. The highest BCUT2D eigenvalue weighted by molar-refractivity contribution is 5.83. The molecule has 1 amide bonds. The number of aromatic nitrogens is 4. The average molecular weight is 319 g/mol. The van der Waals surface area contributed by atoms with Crippen LogP contribution < -0.4 is 5.32 Å². The molecular formula is C14H17N5O4. The molecule has 9 nitrogen and oxygen atoms in total. The van der Waals surface area contributed by atoms with Gasteiger partial charge in [-0.1, -0.05) is 30.3 Å². The van der Waals surface area contributed by atoms with Gasteiger partial charge < -0.3 is 15.2 Å². The number of carboxylic acids is 1. The summed E-state index contributed by atoms with van der Waals surface area (Å²) in [6, 6.07) is 8.19. The normalized spacial score (nSPS) is 11.9. The molecule has 0 fully saturated rings. The first-order valence-electron chi connectivity index (χ1n) is 6.94. The Morgan fingerprint density at radius 2 is 2.09 bits per heavy atom. The van der Waals surface area contributed by atoms with Crippen molar-refractivity contribution in [3.8, 4) is 11.4 Å². The number of nitrogens with one attached hydrogen (secondary N) is 1. The van der Waals surface area contributed by atoms with Gasteiger partial charge in [0.1, 0.15) is 12.6 Å². The smallest absolute Gasteiger partial charge is 0.326 e. The van der Waals surface area contributed by atoms with E-state index >= 15 is 0 Å². The van der Waals surface area contributed by atoms with Gasteiger partial charge in [0.2, 0.25) is 11.7 Å². The van der Waals surface area contributed by atoms with Crippen LogP contribution in [0.25, 0.3) is 11.4 Å². The van der Waals surface area contributed by atoms with Gasteiger partial charge >= 0.3 is 5.97 Å². The van der Waals surface area contributed by atoms with Gasteiger partial charge in [0.25, 0.3) is 0 Å². The van der Waals surface area contributed by atoms with Gasteiger partial charge in [-0.05, 0) is 5.21 Å². The van der Waals surface area contributed by atoms with E-state index in [0.29, 0.717) is 5.82 Å². The van der Waals surface area contributed by atoms with Crippen LogP contribution >= 0.6 is 0 Å². The van der Waals surface area contributed by atoms with Gasteiger partial charge in [-0.2, -0.15) is 4.80 Å². The number of tetrazole rings is 1. The second-order valence-corrected chi connectivity index (χ2v) is 4.75. The molecule has 1 unspecified atom stereocenters. The van der Waals surface area contributed by atoms with Gasteiger partial charge in [-0.15, -0.1) is 10.2 Å². The van der Waals surface area contributed by atoms with Crippen LogP contribution in [-0.2, 0) is 20.9 Å². The average Bonchev–Trinajstić information content (AvgIpc) is 3.00. The zero-order valence-corrected chi connectivity index (χ0v) is 12.5. The van der Waals surface area contributed by atoms with Gasteiger partial charge in [0.05, 0.1) is 0 Å². The van der Waals surface area contributed by atoms with Gasteiger partial charge in [0, 0.05) is 25.7 Å². The molecule has 122 valence electrons. The Morgan fingerprint density at radius 1 is 1.35 bits per heavy atom. The number of amides is 1. The minimum absolute atomic E-state index is 0.178. The monoisotopic (exact) mass is 319 g/mol. The lowest BCUT2D eigenvalue weighted by Crippen LogP contribution is -2.43. The van der Waals surface area contributed by atoms with Crippen LogP contribution in [0.5, 0.6) is 0 Å². The van der Waals surface area contributed by atoms with E-state index in [0.717, 1.165) is 10.4 Å². The van der Waals surface area contributed by atoms with Crippen LogP contribution in [0.15, 0.2) is 30.3 Å². The summed E-state index contributed by atoms with van der Waals surface area (Å²) in [5, 5.41) is 23.2. The van der Waals surface area contributed by atoms with Crippen LogP contribution in [0.4, 0.5) is 0 Å². The highest BCUT2D eigenvalue weighted by Gasteiger charge is 2.20. The SMILES string of the molecule is COCCC(NC(=O)Cn1nnc(-c2ccccc2)n1)C(=O)O. The molecule has 9 heteroatoms. The van der Waals surface area contributed by atoms with Crippen molar-refractivity contribution in [3.63, 3.8) is 0 Å². The third kappa shape index (κ3) is 4.85. The molecule has 0 radical (unpaired) electrons. The number of carbonyl (C=O) groups is 2. The molecule has 0 aliphatic carbocycles. The first-order valence-corrected chi connectivity index (χ1v) is 6.94. The molecular weight excluding hydrogens is 302 g/mol. The van der Waals surface area contributed by atoms with E-state index in [1.807, 2.05) is 30.3 Å². The molecule has 1 atom stereocenters. The van der Waals surface area contributed by atoms with E-state index < -0.39 is 17.9 Å². The van der Waals surface area contributed by atoms with Crippen LogP contribution in [0.1, 0.15) is 6.42 Å². The van der Waals surface area contributed by atoms with Crippen molar-refractivity contribution >= 4 is 11.9 Å². The van der Waals surface area contributed by atoms with Crippen molar-refractivity contribution < 1.29 is 19.4 Å². The van der Waals surface area contributed by atoms with E-state index in [1.165, 1.54) is 7.11 Å². The summed E-state index contributed by atoms with van der Waals surface area (Å²) >= 11 is 0. The predicted octanol–water partition coefficient (Wildman–Crippen LogP) is -0.0540. The fourth-order valence-electron chi connectivity index (χ4n) is 1.87. The summed E-state index contributed by atoms with van der Waals surface area (Å²) in [4.78, 5) is 24.1. The third-order valence-electron chi connectivity index (χ3n) is 3.01. The fraction of sp³-hybridized carbons (Fsp3) is 0.357. The van der Waals surface area contributed by atoms with E-state index in [4.69, 9.17) is 9.84 Å². The van der Waals surface area contributed by atoms with Crippen LogP contribution in [0.2, 0.25) is 0 Å². The van der Waals surface area contributed by atoms with Crippen molar-refractivity contribution in [1.29, 1.82) is 0 Å². The summed E-state index contributed by atoms with van der Waals surface area (Å²) in [5.74, 6) is -1.23. The molecule has 0 saturated carbocycles. The molecule has 0 aliphatic heterocycles.